The van der Waals surface area contributed by atoms with E-state index in [-0.39, 0.29) is 6.42 Å². The van der Waals surface area contributed by atoms with Crippen LogP contribution in [0.15, 0.2) is 42.5 Å². The van der Waals surface area contributed by atoms with Crippen molar-refractivity contribution in [2.75, 3.05) is 12.4 Å². The number of esters is 1. The third-order valence-corrected chi connectivity index (χ3v) is 4.20. The summed E-state index contributed by atoms with van der Waals surface area (Å²) in [6, 6.07) is 12.0. The first-order valence-corrected chi connectivity index (χ1v) is 7.77. The Balaban J connectivity index is 1.88. The molecule has 1 atom stereocenters. The fourth-order valence-corrected chi connectivity index (χ4v) is 2.89. The molecule has 5 nitrogen and oxygen atoms in total. The number of rotatable bonds is 3. The van der Waals surface area contributed by atoms with Gasteiger partial charge in [0.1, 0.15) is 5.75 Å². The predicted molar refractivity (Wildman–Crippen MR) is 90.6 cm³/mol. The lowest BCUT2D eigenvalue weighted by molar-refractivity contribution is -0.134. The van der Waals surface area contributed by atoms with Gasteiger partial charge >= 0.3 is 5.97 Å². The Hall–Kier alpha value is -2.53. The number of hydrogen-bond donors (Lipinski definition) is 1. The fraction of sp³-hybridized carbons (Fsp3) is 0.222. The molecule has 1 heterocycles. The Morgan fingerprint density at radius 3 is 2.79 bits per heavy atom. The molecule has 0 saturated heterocycles. The first-order chi connectivity index (χ1) is 11.4. The van der Waals surface area contributed by atoms with Gasteiger partial charge in [0.05, 0.1) is 18.4 Å². The Morgan fingerprint density at radius 1 is 1.29 bits per heavy atom. The topological polar surface area (TPSA) is 64.6 Å². The normalized spacial score (nSPS) is 19.2. The van der Waals surface area contributed by atoms with Gasteiger partial charge in [0.2, 0.25) is 0 Å². The number of fused-ring (bicyclic) bond motifs is 1. The molecule has 24 heavy (non-hydrogen) atoms. The van der Waals surface area contributed by atoms with E-state index < -0.39 is 17.5 Å². The summed E-state index contributed by atoms with van der Waals surface area (Å²) in [4.78, 5) is 24.9. The molecule has 0 bridgehead atoms. The van der Waals surface area contributed by atoms with E-state index in [9.17, 15) is 9.59 Å². The first kappa shape index (κ1) is 16.3. The van der Waals surface area contributed by atoms with E-state index in [1.807, 2.05) is 0 Å². The van der Waals surface area contributed by atoms with Crippen LogP contribution >= 0.6 is 11.6 Å². The van der Waals surface area contributed by atoms with E-state index in [1.165, 1.54) is 7.11 Å². The summed E-state index contributed by atoms with van der Waals surface area (Å²) in [6.07, 6.45) is 0.246. The third kappa shape index (κ3) is 2.95. The smallest absolute Gasteiger partial charge is 0.339 e. The summed E-state index contributed by atoms with van der Waals surface area (Å²) >= 11 is 6.00. The number of ether oxygens (including phenoxy) is 2. The zero-order valence-electron chi connectivity index (χ0n) is 13.3. The number of carbonyl (C=O) groups excluding carboxylic acids is 2. The summed E-state index contributed by atoms with van der Waals surface area (Å²) in [5.74, 6) is -0.434. The zero-order chi connectivity index (χ0) is 17.3. The van der Waals surface area contributed by atoms with Gasteiger partial charge in [-0.3, -0.25) is 4.79 Å². The number of amides is 1. The number of nitrogens with one attached hydrogen (secondary N) is 1. The monoisotopic (exact) mass is 345 g/mol. The second-order valence-corrected chi connectivity index (χ2v) is 6.19. The average Bonchev–Trinajstić information content (AvgIpc) is 2.54. The van der Waals surface area contributed by atoms with Crippen LogP contribution in [0.1, 0.15) is 22.8 Å². The largest absolute Gasteiger partial charge is 0.495 e. The molecule has 0 radical (unpaired) electrons. The van der Waals surface area contributed by atoms with Crippen molar-refractivity contribution in [2.24, 2.45) is 0 Å². The molecule has 3 rings (SSSR count). The molecule has 1 N–H and O–H groups in total. The van der Waals surface area contributed by atoms with Crippen molar-refractivity contribution in [1.82, 2.24) is 0 Å². The predicted octanol–water partition coefficient (Wildman–Crippen LogP) is 3.46. The van der Waals surface area contributed by atoms with Crippen LogP contribution in [0, 0.1) is 0 Å². The number of cyclic esters (lactones) is 1. The van der Waals surface area contributed by atoms with Crippen LogP contribution in [-0.2, 0) is 16.0 Å². The summed E-state index contributed by atoms with van der Waals surface area (Å²) in [5.41, 5.74) is 0.313. The van der Waals surface area contributed by atoms with Crippen molar-refractivity contribution in [3.63, 3.8) is 0 Å². The maximum Gasteiger partial charge on any atom is 0.339 e. The van der Waals surface area contributed by atoms with Crippen molar-refractivity contribution in [2.45, 2.75) is 18.9 Å². The number of benzene rings is 2. The maximum atomic E-state index is 12.7. The minimum absolute atomic E-state index is 0.246. The van der Waals surface area contributed by atoms with E-state index >= 15 is 0 Å². The number of anilines is 1. The van der Waals surface area contributed by atoms with Gasteiger partial charge in [0.25, 0.3) is 5.91 Å². The molecule has 0 spiro atoms. The molecule has 1 aliphatic rings. The van der Waals surface area contributed by atoms with Crippen molar-refractivity contribution in [3.05, 3.63) is 58.6 Å². The second-order valence-electron chi connectivity index (χ2n) is 5.75. The van der Waals surface area contributed by atoms with Crippen LogP contribution < -0.4 is 10.1 Å². The van der Waals surface area contributed by atoms with Crippen molar-refractivity contribution < 1.29 is 19.1 Å². The Labute approximate surface area is 144 Å². The van der Waals surface area contributed by atoms with Crippen LogP contribution in [0.25, 0.3) is 0 Å². The Morgan fingerprint density at radius 2 is 2.04 bits per heavy atom. The number of para-hydroxylation sites is 2. The highest BCUT2D eigenvalue weighted by atomic mass is 35.5. The van der Waals surface area contributed by atoms with Gasteiger partial charge < -0.3 is 14.8 Å². The highest BCUT2D eigenvalue weighted by Gasteiger charge is 2.43. The van der Waals surface area contributed by atoms with Gasteiger partial charge in [-0.2, -0.15) is 0 Å². The lowest BCUT2D eigenvalue weighted by Crippen LogP contribution is -2.48. The van der Waals surface area contributed by atoms with Gasteiger partial charge in [-0.1, -0.05) is 23.7 Å². The molecule has 2 aromatic rings. The minimum Gasteiger partial charge on any atom is -0.495 e. The Kier molecular flexibility index (Phi) is 4.20. The van der Waals surface area contributed by atoms with Crippen LogP contribution in [0.2, 0.25) is 5.02 Å². The van der Waals surface area contributed by atoms with Crippen LogP contribution in [0.3, 0.4) is 0 Å². The van der Waals surface area contributed by atoms with Gasteiger partial charge in [-0.25, -0.2) is 4.79 Å². The van der Waals surface area contributed by atoms with E-state index in [0.717, 1.165) is 0 Å². The second kappa shape index (κ2) is 6.17. The molecular weight excluding hydrogens is 330 g/mol. The minimum atomic E-state index is -1.32. The molecule has 6 heteroatoms. The van der Waals surface area contributed by atoms with E-state index in [4.69, 9.17) is 21.1 Å². The summed E-state index contributed by atoms with van der Waals surface area (Å²) < 4.78 is 10.6. The summed E-state index contributed by atoms with van der Waals surface area (Å²) in [5, 5.41) is 3.27. The van der Waals surface area contributed by atoms with E-state index in [2.05, 4.69) is 5.32 Å². The molecule has 0 aliphatic carbocycles. The van der Waals surface area contributed by atoms with Crippen molar-refractivity contribution in [1.29, 1.82) is 0 Å². The fourth-order valence-electron chi connectivity index (χ4n) is 2.70. The van der Waals surface area contributed by atoms with Crippen molar-refractivity contribution in [3.8, 4) is 5.75 Å². The number of hydrogen-bond acceptors (Lipinski definition) is 4. The lowest BCUT2D eigenvalue weighted by Gasteiger charge is -2.33. The molecule has 0 saturated carbocycles. The van der Waals surface area contributed by atoms with Gasteiger partial charge in [0.15, 0.2) is 5.60 Å². The first-order valence-electron chi connectivity index (χ1n) is 7.39. The van der Waals surface area contributed by atoms with E-state index in [0.29, 0.717) is 27.6 Å². The van der Waals surface area contributed by atoms with Crippen LogP contribution in [0.5, 0.6) is 5.75 Å². The van der Waals surface area contributed by atoms with Gasteiger partial charge in [-0.15, -0.1) is 0 Å². The van der Waals surface area contributed by atoms with Crippen LogP contribution in [0.4, 0.5) is 5.69 Å². The number of carbonyl (C=O) groups is 2. The third-order valence-electron chi connectivity index (χ3n) is 3.97. The SMILES string of the molecule is COc1ccccc1NC(=O)[C@@]1(C)Cc2cc(Cl)ccc2C(=O)O1. The Bertz CT molecular complexity index is 820. The lowest BCUT2D eigenvalue weighted by atomic mass is 9.89. The highest BCUT2D eigenvalue weighted by molar-refractivity contribution is 6.30. The van der Waals surface area contributed by atoms with E-state index in [1.54, 1.807) is 49.4 Å². The molecule has 0 unspecified atom stereocenters. The van der Waals surface area contributed by atoms with Crippen LogP contribution in [-0.4, -0.2) is 24.6 Å². The average molecular weight is 346 g/mol. The number of halogens is 1. The standard InChI is InChI=1S/C18H16ClNO4/c1-18(17(22)20-14-5-3-4-6-15(14)23-2)10-11-9-12(19)7-8-13(11)16(21)24-18/h3-9H,10H2,1-2H3,(H,20,22)/t18-/m1/s1. The molecule has 1 amide bonds. The molecular formula is C18H16ClNO4. The summed E-state index contributed by atoms with van der Waals surface area (Å²) in [7, 11) is 1.52. The number of methoxy groups -OCH3 is 1. The summed E-state index contributed by atoms with van der Waals surface area (Å²) in [6.45, 7) is 1.58. The molecule has 1 aliphatic heterocycles. The van der Waals surface area contributed by atoms with Gasteiger partial charge in [0, 0.05) is 11.4 Å². The quantitative estimate of drug-likeness (QED) is 0.865. The molecule has 0 aromatic heterocycles. The maximum absolute atomic E-state index is 12.7. The highest BCUT2D eigenvalue weighted by Crippen LogP contribution is 2.32. The van der Waals surface area contributed by atoms with Crippen molar-refractivity contribution >= 4 is 29.2 Å². The molecule has 0 fully saturated rings. The van der Waals surface area contributed by atoms with Gasteiger partial charge in [-0.05, 0) is 42.8 Å². The molecule has 124 valence electrons. The molecule has 2 aromatic carbocycles. The zero-order valence-corrected chi connectivity index (χ0v) is 14.0.